The third-order valence-electron chi connectivity index (χ3n) is 2.52. The third-order valence-corrected chi connectivity index (χ3v) is 2.52. The predicted octanol–water partition coefficient (Wildman–Crippen LogP) is 2.62. The van der Waals surface area contributed by atoms with Crippen molar-refractivity contribution in [2.45, 2.75) is 13.0 Å². The van der Waals surface area contributed by atoms with E-state index in [1.807, 2.05) is 0 Å². The number of nitrogens with one attached hydrogen (secondary N) is 1. The van der Waals surface area contributed by atoms with Gasteiger partial charge in [-0.3, -0.25) is 4.79 Å². The van der Waals surface area contributed by atoms with E-state index in [0.717, 1.165) is 12.1 Å². The first-order valence-corrected chi connectivity index (χ1v) is 5.40. The Morgan fingerprint density at radius 1 is 1.44 bits per heavy atom. The summed E-state index contributed by atoms with van der Waals surface area (Å²) in [7, 11) is 0. The van der Waals surface area contributed by atoms with Gasteiger partial charge in [-0.25, -0.2) is 4.39 Å². The average molecular weight is 249 g/mol. The Balaban J connectivity index is 2.12. The van der Waals surface area contributed by atoms with E-state index in [1.54, 1.807) is 19.1 Å². The number of hydrogen-bond acceptors (Lipinski definition) is 3. The highest BCUT2D eigenvalue weighted by molar-refractivity contribution is 5.96. The predicted molar refractivity (Wildman–Crippen MR) is 62.7 cm³/mol. The summed E-state index contributed by atoms with van der Waals surface area (Å²) in [6.07, 6.45) is 1.51. The molecule has 0 saturated heterocycles. The quantitative estimate of drug-likeness (QED) is 0.878. The molecular weight excluding hydrogens is 237 g/mol. The van der Waals surface area contributed by atoms with Crippen molar-refractivity contribution in [3.8, 4) is 5.75 Å². The lowest BCUT2D eigenvalue weighted by atomic mass is 10.1. The summed E-state index contributed by atoms with van der Waals surface area (Å²) < 4.78 is 17.9. The minimum absolute atomic E-state index is 0.0230. The molecule has 1 heterocycles. The summed E-state index contributed by atoms with van der Waals surface area (Å²) >= 11 is 0. The van der Waals surface area contributed by atoms with Gasteiger partial charge in [0.2, 0.25) is 0 Å². The van der Waals surface area contributed by atoms with E-state index in [-0.39, 0.29) is 17.4 Å². The zero-order valence-corrected chi connectivity index (χ0v) is 9.68. The zero-order chi connectivity index (χ0) is 13.1. The van der Waals surface area contributed by atoms with E-state index >= 15 is 0 Å². The fourth-order valence-corrected chi connectivity index (χ4v) is 1.58. The van der Waals surface area contributed by atoms with Crippen LogP contribution in [0.5, 0.6) is 5.75 Å². The zero-order valence-electron chi connectivity index (χ0n) is 9.68. The summed E-state index contributed by atoms with van der Waals surface area (Å²) in [6.45, 7) is 1.75. The molecule has 0 aliphatic heterocycles. The maximum Gasteiger partial charge on any atom is 0.255 e. The van der Waals surface area contributed by atoms with Crippen LogP contribution < -0.4 is 5.32 Å². The van der Waals surface area contributed by atoms with Gasteiger partial charge in [0.25, 0.3) is 5.91 Å². The number of rotatable bonds is 3. The summed E-state index contributed by atoms with van der Waals surface area (Å²) in [4.78, 5) is 11.8. The molecule has 1 amide bonds. The minimum atomic E-state index is -0.594. The highest BCUT2D eigenvalue weighted by Gasteiger charge is 2.16. The van der Waals surface area contributed by atoms with Crippen LogP contribution in [0.2, 0.25) is 0 Å². The second-order valence-corrected chi connectivity index (χ2v) is 3.87. The van der Waals surface area contributed by atoms with Crippen molar-refractivity contribution in [3.05, 3.63) is 53.7 Å². The molecule has 1 aromatic carbocycles. The maximum absolute atomic E-state index is 12.8. The average Bonchev–Trinajstić information content (AvgIpc) is 2.81. The van der Waals surface area contributed by atoms with Crippen LogP contribution in [-0.2, 0) is 0 Å². The van der Waals surface area contributed by atoms with E-state index in [1.165, 1.54) is 12.3 Å². The molecule has 94 valence electrons. The van der Waals surface area contributed by atoms with Crippen LogP contribution in [0.25, 0.3) is 0 Å². The molecule has 0 fully saturated rings. The Bertz CT molecular complexity index is 551. The number of furan rings is 1. The van der Waals surface area contributed by atoms with E-state index in [9.17, 15) is 14.3 Å². The lowest BCUT2D eigenvalue weighted by molar-refractivity contribution is 0.0932. The first-order valence-electron chi connectivity index (χ1n) is 5.40. The van der Waals surface area contributed by atoms with Crippen LogP contribution >= 0.6 is 0 Å². The molecule has 0 bridgehead atoms. The van der Waals surface area contributed by atoms with Crippen LogP contribution in [0.3, 0.4) is 0 Å². The minimum Gasteiger partial charge on any atom is -0.507 e. The number of aromatic hydroxyl groups is 1. The number of phenolic OH excluding ortho intramolecular Hbond substituents is 1. The van der Waals surface area contributed by atoms with Crippen molar-refractivity contribution in [1.29, 1.82) is 0 Å². The topological polar surface area (TPSA) is 62.5 Å². The van der Waals surface area contributed by atoms with Crippen LogP contribution in [0.15, 0.2) is 41.0 Å². The molecule has 2 aromatic rings. The first-order chi connectivity index (χ1) is 8.58. The maximum atomic E-state index is 12.8. The normalized spacial score (nSPS) is 12.1. The number of carbonyl (C=O) groups is 1. The van der Waals surface area contributed by atoms with Gasteiger partial charge in [0, 0.05) is 6.07 Å². The Hall–Kier alpha value is -2.30. The summed E-state index contributed by atoms with van der Waals surface area (Å²) in [6, 6.07) is 6.35. The number of phenols is 1. The molecule has 5 heteroatoms. The van der Waals surface area contributed by atoms with Crippen molar-refractivity contribution < 1.29 is 18.7 Å². The summed E-state index contributed by atoms with van der Waals surface area (Å²) in [5.74, 6) is -0.872. The van der Waals surface area contributed by atoms with Crippen molar-refractivity contribution in [2.24, 2.45) is 0 Å². The summed E-state index contributed by atoms with van der Waals surface area (Å²) in [5.41, 5.74) is 0.0230. The Labute approximate surface area is 103 Å². The van der Waals surface area contributed by atoms with E-state index in [4.69, 9.17) is 4.42 Å². The Kier molecular flexibility index (Phi) is 3.32. The molecule has 0 aliphatic carbocycles. The third kappa shape index (κ3) is 2.51. The van der Waals surface area contributed by atoms with Gasteiger partial charge in [-0.05, 0) is 31.2 Å². The molecular formula is C13H12FNO3. The van der Waals surface area contributed by atoms with Crippen LogP contribution in [0.1, 0.15) is 29.1 Å². The van der Waals surface area contributed by atoms with Crippen LogP contribution in [-0.4, -0.2) is 11.0 Å². The fraction of sp³-hybridized carbons (Fsp3) is 0.154. The van der Waals surface area contributed by atoms with Gasteiger partial charge < -0.3 is 14.8 Å². The van der Waals surface area contributed by atoms with Crippen molar-refractivity contribution in [3.63, 3.8) is 0 Å². The number of benzene rings is 1. The molecule has 4 nitrogen and oxygen atoms in total. The van der Waals surface area contributed by atoms with E-state index < -0.39 is 11.7 Å². The molecule has 1 aromatic heterocycles. The monoisotopic (exact) mass is 249 g/mol. The van der Waals surface area contributed by atoms with Gasteiger partial charge in [-0.15, -0.1) is 0 Å². The molecule has 2 rings (SSSR count). The first kappa shape index (κ1) is 12.2. The Morgan fingerprint density at radius 3 is 2.83 bits per heavy atom. The SMILES string of the molecule is CC(NC(=O)c1ccc(F)cc1O)c1ccco1. The molecule has 0 radical (unpaired) electrons. The van der Waals surface area contributed by atoms with Gasteiger partial charge in [0.05, 0.1) is 17.9 Å². The summed E-state index contributed by atoms with van der Waals surface area (Å²) in [5, 5.41) is 12.1. The molecule has 18 heavy (non-hydrogen) atoms. The van der Waals surface area contributed by atoms with Crippen molar-refractivity contribution in [2.75, 3.05) is 0 Å². The lowest BCUT2D eigenvalue weighted by Crippen LogP contribution is -2.26. The molecule has 0 saturated carbocycles. The van der Waals surface area contributed by atoms with Gasteiger partial charge in [0.1, 0.15) is 17.3 Å². The lowest BCUT2D eigenvalue weighted by Gasteiger charge is -2.12. The number of hydrogen-bond donors (Lipinski definition) is 2. The van der Waals surface area contributed by atoms with Crippen molar-refractivity contribution >= 4 is 5.91 Å². The smallest absolute Gasteiger partial charge is 0.255 e. The molecule has 0 spiro atoms. The number of carbonyl (C=O) groups excluding carboxylic acids is 1. The van der Waals surface area contributed by atoms with Gasteiger partial charge in [-0.1, -0.05) is 0 Å². The second-order valence-electron chi connectivity index (χ2n) is 3.87. The largest absolute Gasteiger partial charge is 0.507 e. The molecule has 1 atom stereocenters. The molecule has 0 aliphatic rings. The van der Waals surface area contributed by atoms with Crippen LogP contribution in [0.4, 0.5) is 4.39 Å². The number of halogens is 1. The molecule has 1 unspecified atom stereocenters. The van der Waals surface area contributed by atoms with Gasteiger partial charge in [0.15, 0.2) is 0 Å². The number of amides is 1. The van der Waals surface area contributed by atoms with E-state index in [0.29, 0.717) is 5.76 Å². The van der Waals surface area contributed by atoms with Crippen LogP contribution in [0, 0.1) is 5.82 Å². The fourth-order valence-electron chi connectivity index (χ4n) is 1.58. The standard InChI is InChI=1S/C13H12FNO3/c1-8(12-3-2-6-18-12)15-13(17)10-5-4-9(14)7-11(10)16/h2-8,16H,1H3,(H,15,17). The second kappa shape index (κ2) is 4.91. The highest BCUT2D eigenvalue weighted by atomic mass is 19.1. The van der Waals surface area contributed by atoms with Crippen molar-refractivity contribution in [1.82, 2.24) is 5.32 Å². The van der Waals surface area contributed by atoms with Gasteiger partial charge >= 0.3 is 0 Å². The van der Waals surface area contributed by atoms with Gasteiger partial charge in [-0.2, -0.15) is 0 Å². The van der Waals surface area contributed by atoms with E-state index in [2.05, 4.69) is 5.32 Å². The Morgan fingerprint density at radius 2 is 2.22 bits per heavy atom. The molecule has 2 N–H and O–H groups in total. The highest BCUT2D eigenvalue weighted by Crippen LogP contribution is 2.19.